The standard InChI is InChI=1S/C12H8Cl2N6O/c1-7-4-8(2-3-9(7)13)21-12-18-10(14)17-11(19-12)20-6-15-5-16-20/h2-6H,1H3. The van der Waals surface area contributed by atoms with Crippen molar-refractivity contribution in [2.45, 2.75) is 6.92 Å². The Morgan fingerprint density at radius 1 is 1.14 bits per heavy atom. The number of hydrogen-bond donors (Lipinski definition) is 0. The lowest BCUT2D eigenvalue weighted by molar-refractivity contribution is 0.437. The number of halogens is 2. The van der Waals surface area contributed by atoms with Gasteiger partial charge < -0.3 is 4.74 Å². The van der Waals surface area contributed by atoms with Gasteiger partial charge in [-0.15, -0.1) is 0 Å². The van der Waals surface area contributed by atoms with Crippen LogP contribution < -0.4 is 4.74 Å². The third-order valence-corrected chi connectivity index (χ3v) is 3.13. The molecule has 106 valence electrons. The highest BCUT2D eigenvalue weighted by molar-refractivity contribution is 6.31. The largest absolute Gasteiger partial charge is 0.424 e. The lowest BCUT2D eigenvalue weighted by Gasteiger charge is -2.07. The van der Waals surface area contributed by atoms with Crippen molar-refractivity contribution < 1.29 is 4.74 Å². The van der Waals surface area contributed by atoms with Gasteiger partial charge in [0.25, 0.3) is 5.95 Å². The maximum Gasteiger partial charge on any atom is 0.328 e. The summed E-state index contributed by atoms with van der Waals surface area (Å²) in [5, 5.41) is 4.57. The number of aromatic nitrogens is 6. The molecule has 21 heavy (non-hydrogen) atoms. The number of rotatable bonds is 3. The third-order valence-electron chi connectivity index (χ3n) is 2.54. The smallest absolute Gasteiger partial charge is 0.328 e. The lowest BCUT2D eigenvalue weighted by Crippen LogP contribution is -2.05. The second-order valence-corrected chi connectivity index (χ2v) is 4.79. The monoisotopic (exact) mass is 322 g/mol. The molecule has 0 aliphatic rings. The summed E-state index contributed by atoms with van der Waals surface area (Å²) < 4.78 is 6.92. The van der Waals surface area contributed by atoms with E-state index in [2.05, 4.69) is 25.0 Å². The van der Waals surface area contributed by atoms with Crippen LogP contribution in [0.15, 0.2) is 30.9 Å². The molecule has 7 nitrogen and oxygen atoms in total. The highest BCUT2D eigenvalue weighted by Gasteiger charge is 2.10. The summed E-state index contributed by atoms with van der Waals surface area (Å²) in [7, 11) is 0. The van der Waals surface area contributed by atoms with Crippen LogP contribution in [0.4, 0.5) is 0 Å². The molecule has 3 aromatic rings. The predicted octanol–water partition coefficient (Wildman–Crippen LogP) is 2.86. The zero-order valence-corrected chi connectivity index (χ0v) is 12.2. The minimum atomic E-state index is -0.00353. The van der Waals surface area contributed by atoms with Crippen LogP contribution in [0.5, 0.6) is 11.8 Å². The molecule has 0 atom stereocenters. The molecule has 0 aliphatic carbocycles. The van der Waals surface area contributed by atoms with E-state index in [9.17, 15) is 0 Å². The Morgan fingerprint density at radius 2 is 2.00 bits per heavy atom. The zero-order valence-electron chi connectivity index (χ0n) is 10.7. The van der Waals surface area contributed by atoms with E-state index in [0.29, 0.717) is 10.8 Å². The molecule has 0 unspecified atom stereocenters. The van der Waals surface area contributed by atoms with Crippen LogP contribution in [-0.2, 0) is 0 Å². The van der Waals surface area contributed by atoms with Crippen molar-refractivity contribution in [2.75, 3.05) is 0 Å². The first-order chi connectivity index (χ1) is 10.1. The molecule has 0 spiro atoms. The van der Waals surface area contributed by atoms with Crippen LogP contribution in [0.25, 0.3) is 5.95 Å². The van der Waals surface area contributed by atoms with Gasteiger partial charge in [0.05, 0.1) is 0 Å². The normalized spacial score (nSPS) is 10.6. The van der Waals surface area contributed by atoms with E-state index in [0.717, 1.165) is 5.56 Å². The van der Waals surface area contributed by atoms with E-state index in [-0.39, 0.29) is 17.2 Å². The molecule has 0 saturated heterocycles. The minimum Gasteiger partial charge on any atom is -0.424 e. The molecule has 0 saturated carbocycles. The fourth-order valence-corrected chi connectivity index (χ4v) is 1.83. The van der Waals surface area contributed by atoms with Crippen molar-refractivity contribution in [2.24, 2.45) is 0 Å². The highest BCUT2D eigenvalue weighted by Crippen LogP contribution is 2.24. The van der Waals surface area contributed by atoms with E-state index in [4.69, 9.17) is 27.9 Å². The number of benzene rings is 1. The average Bonchev–Trinajstić information content (AvgIpc) is 2.96. The summed E-state index contributed by atoms with van der Waals surface area (Å²) in [6.45, 7) is 1.87. The van der Waals surface area contributed by atoms with Gasteiger partial charge >= 0.3 is 6.01 Å². The van der Waals surface area contributed by atoms with Crippen LogP contribution in [-0.4, -0.2) is 29.7 Å². The molecule has 1 aromatic carbocycles. The Morgan fingerprint density at radius 3 is 2.71 bits per heavy atom. The fraction of sp³-hybridized carbons (Fsp3) is 0.0833. The lowest BCUT2D eigenvalue weighted by atomic mass is 10.2. The van der Waals surface area contributed by atoms with Crippen molar-refractivity contribution in [1.82, 2.24) is 29.7 Å². The summed E-state index contributed by atoms with van der Waals surface area (Å²) in [4.78, 5) is 15.8. The molecule has 2 heterocycles. The molecule has 0 N–H and O–H groups in total. The molecular formula is C12H8Cl2N6O. The second kappa shape index (κ2) is 5.63. The maximum absolute atomic E-state index is 5.97. The van der Waals surface area contributed by atoms with E-state index >= 15 is 0 Å². The highest BCUT2D eigenvalue weighted by atomic mass is 35.5. The maximum atomic E-state index is 5.97. The van der Waals surface area contributed by atoms with Gasteiger partial charge in [0.2, 0.25) is 5.28 Å². The molecule has 0 bridgehead atoms. The van der Waals surface area contributed by atoms with Crippen LogP contribution in [0.1, 0.15) is 5.56 Å². The van der Waals surface area contributed by atoms with Gasteiger partial charge in [-0.25, -0.2) is 4.98 Å². The first-order valence-corrected chi connectivity index (χ1v) is 6.58. The summed E-state index contributed by atoms with van der Waals surface area (Å²) >= 11 is 11.8. The number of nitrogens with zero attached hydrogens (tertiary/aromatic N) is 6. The van der Waals surface area contributed by atoms with Gasteiger partial charge in [0.15, 0.2) is 0 Å². The summed E-state index contributed by atoms with van der Waals surface area (Å²) in [6, 6.07) is 5.27. The Balaban J connectivity index is 1.93. The Bertz CT molecular complexity index is 777. The zero-order chi connectivity index (χ0) is 14.8. The molecule has 3 rings (SSSR count). The first-order valence-electron chi connectivity index (χ1n) is 5.82. The Kier molecular flexibility index (Phi) is 3.68. The number of hydrogen-bond acceptors (Lipinski definition) is 6. The van der Waals surface area contributed by atoms with Crippen molar-refractivity contribution in [3.8, 4) is 17.7 Å². The van der Waals surface area contributed by atoms with Crippen LogP contribution in [0.3, 0.4) is 0 Å². The number of aryl methyl sites for hydroxylation is 1. The minimum absolute atomic E-state index is 0.00353. The molecule has 0 radical (unpaired) electrons. The van der Waals surface area contributed by atoms with Crippen molar-refractivity contribution in [3.63, 3.8) is 0 Å². The molecule has 0 aliphatic heterocycles. The summed E-state index contributed by atoms with van der Waals surface area (Å²) in [5.41, 5.74) is 0.880. The molecule has 2 aromatic heterocycles. The van der Waals surface area contributed by atoms with E-state index < -0.39 is 0 Å². The second-order valence-electron chi connectivity index (χ2n) is 4.04. The van der Waals surface area contributed by atoms with Gasteiger partial charge in [0, 0.05) is 5.02 Å². The summed E-state index contributed by atoms with van der Waals surface area (Å²) in [5.74, 6) is 0.761. The van der Waals surface area contributed by atoms with Gasteiger partial charge in [-0.1, -0.05) is 11.6 Å². The molecule has 9 heteroatoms. The van der Waals surface area contributed by atoms with Gasteiger partial charge in [-0.2, -0.15) is 24.7 Å². The van der Waals surface area contributed by atoms with Gasteiger partial charge in [0.1, 0.15) is 18.4 Å². The first kappa shape index (κ1) is 13.7. The third kappa shape index (κ3) is 3.09. The van der Waals surface area contributed by atoms with E-state index in [1.807, 2.05) is 6.92 Å². The van der Waals surface area contributed by atoms with E-state index in [1.165, 1.54) is 17.3 Å². The molecular weight excluding hydrogens is 315 g/mol. The van der Waals surface area contributed by atoms with Gasteiger partial charge in [-0.05, 0) is 42.3 Å². The van der Waals surface area contributed by atoms with E-state index in [1.54, 1.807) is 18.2 Å². The van der Waals surface area contributed by atoms with Crippen molar-refractivity contribution >= 4 is 23.2 Å². The topological polar surface area (TPSA) is 78.6 Å². The Hall–Kier alpha value is -2.25. The van der Waals surface area contributed by atoms with Gasteiger partial charge in [-0.3, -0.25) is 0 Å². The van der Waals surface area contributed by atoms with Crippen LogP contribution >= 0.6 is 23.2 Å². The quantitative estimate of drug-likeness (QED) is 0.737. The molecule has 0 amide bonds. The van der Waals surface area contributed by atoms with Crippen molar-refractivity contribution in [1.29, 1.82) is 0 Å². The van der Waals surface area contributed by atoms with Crippen molar-refractivity contribution in [3.05, 3.63) is 46.7 Å². The van der Waals surface area contributed by atoms with Crippen LogP contribution in [0, 0.1) is 6.92 Å². The molecule has 0 fully saturated rings. The summed E-state index contributed by atoms with van der Waals surface area (Å²) in [6.07, 6.45) is 2.81. The fourth-order valence-electron chi connectivity index (χ4n) is 1.57. The predicted molar refractivity (Wildman–Crippen MR) is 76.0 cm³/mol. The average molecular weight is 323 g/mol. The number of ether oxygens (including phenoxy) is 1. The van der Waals surface area contributed by atoms with Crippen LogP contribution in [0.2, 0.25) is 10.3 Å². The Labute approximate surface area is 129 Å². The SMILES string of the molecule is Cc1cc(Oc2nc(Cl)nc(-n3cncn3)n2)ccc1Cl.